The normalized spacial score (nSPS) is 10.4. The molecule has 2 aromatic heterocycles. The molecule has 0 amide bonds. The van der Waals surface area contributed by atoms with Crippen LogP contribution in [0.15, 0.2) is 66.1 Å². The molecule has 6 nitrogen and oxygen atoms in total. The fourth-order valence-electron chi connectivity index (χ4n) is 2.23. The Labute approximate surface area is 144 Å². The fourth-order valence-corrected chi connectivity index (χ4v) is 2.85. The lowest BCUT2D eigenvalue weighted by molar-refractivity contribution is 0.197. The van der Waals surface area contributed by atoms with Gasteiger partial charge in [-0.1, -0.05) is 18.2 Å². The summed E-state index contributed by atoms with van der Waals surface area (Å²) >= 11 is 1.55. The molecular weight excluding hydrogens is 322 g/mol. The maximum absolute atomic E-state index is 5.53. The molecule has 0 radical (unpaired) electrons. The number of thioether (sulfide) groups is 1. The topological polar surface area (TPSA) is 63.2 Å². The number of nitrogens with one attached hydrogen (secondary N) is 1. The van der Waals surface area contributed by atoms with Gasteiger partial charge in [-0.3, -0.25) is 9.82 Å². The maximum atomic E-state index is 5.53. The quantitative estimate of drug-likeness (QED) is 0.537. The summed E-state index contributed by atoms with van der Waals surface area (Å²) in [6.07, 6.45) is 6.94. The minimum Gasteiger partial charge on any atom is -0.339 e. The highest BCUT2D eigenvalue weighted by Gasteiger charge is 2.19. The van der Waals surface area contributed by atoms with Crippen molar-refractivity contribution in [3.63, 3.8) is 0 Å². The van der Waals surface area contributed by atoms with Crippen LogP contribution in [0.5, 0.6) is 0 Å². The van der Waals surface area contributed by atoms with Gasteiger partial charge in [-0.25, -0.2) is 15.0 Å². The number of hydrogen-bond acceptors (Lipinski definition) is 7. The molecule has 0 saturated heterocycles. The first-order valence-corrected chi connectivity index (χ1v) is 8.51. The lowest BCUT2D eigenvalue weighted by Crippen LogP contribution is -2.18. The first-order valence-electron chi connectivity index (χ1n) is 7.29. The van der Waals surface area contributed by atoms with Gasteiger partial charge in [-0.2, -0.15) is 0 Å². The summed E-state index contributed by atoms with van der Waals surface area (Å²) < 4.78 is 0. The van der Waals surface area contributed by atoms with E-state index in [2.05, 4.69) is 20.3 Å². The number of anilines is 4. The summed E-state index contributed by atoms with van der Waals surface area (Å²) in [5.74, 6) is 1.39. The van der Waals surface area contributed by atoms with E-state index in [-0.39, 0.29) is 0 Å². The molecule has 0 fully saturated rings. The van der Waals surface area contributed by atoms with E-state index in [1.165, 1.54) is 6.33 Å². The van der Waals surface area contributed by atoms with Gasteiger partial charge in [0.2, 0.25) is 0 Å². The van der Waals surface area contributed by atoms with E-state index in [1.807, 2.05) is 48.7 Å². The molecule has 1 N–H and O–H groups in total. The van der Waals surface area contributed by atoms with E-state index in [4.69, 9.17) is 4.84 Å². The Morgan fingerprint density at radius 1 is 1.08 bits per heavy atom. The van der Waals surface area contributed by atoms with Gasteiger partial charge in [-0.15, -0.1) is 11.8 Å². The molecular formula is C17H17N5OS. The molecule has 2 heterocycles. The van der Waals surface area contributed by atoms with Crippen LogP contribution in [0.1, 0.15) is 0 Å². The van der Waals surface area contributed by atoms with Gasteiger partial charge in [0.25, 0.3) is 0 Å². The number of para-hydroxylation sites is 1. The Balaban J connectivity index is 2.00. The number of benzene rings is 1. The lowest BCUT2D eigenvalue weighted by atomic mass is 10.3. The predicted octanol–water partition coefficient (Wildman–Crippen LogP) is 4.04. The molecule has 122 valence electrons. The third-order valence-corrected chi connectivity index (χ3v) is 4.07. The Bertz CT molecular complexity index is 785. The van der Waals surface area contributed by atoms with Crippen LogP contribution in [0, 0.1) is 0 Å². The standard InChI is InChI=1S/C17H17N5OS/c1-23-22(14-9-6-10-18-11-14)17-15(24-2)16(19-12-20-17)21-13-7-4-3-5-8-13/h3-12H,1-2H3,(H,19,20,21). The van der Waals surface area contributed by atoms with E-state index in [0.717, 1.165) is 22.1 Å². The van der Waals surface area contributed by atoms with Crippen LogP contribution in [0.3, 0.4) is 0 Å². The molecule has 0 aliphatic rings. The molecule has 3 aromatic rings. The van der Waals surface area contributed by atoms with Gasteiger partial charge in [0.05, 0.1) is 23.9 Å². The molecule has 0 spiro atoms. The molecule has 0 aliphatic heterocycles. The van der Waals surface area contributed by atoms with E-state index in [0.29, 0.717) is 5.82 Å². The Morgan fingerprint density at radius 2 is 1.92 bits per heavy atom. The highest BCUT2D eigenvalue weighted by Crippen LogP contribution is 2.36. The van der Waals surface area contributed by atoms with Crippen molar-refractivity contribution in [1.29, 1.82) is 0 Å². The second-order valence-electron chi connectivity index (χ2n) is 4.76. The number of aromatic nitrogens is 3. The van der Waals surface area contributed by atoms with Crippen LogP contribution in [-0.2, 0) is 4.84 Å². The van der Waals surface area contributed by atoms with Crippen LogP contribution in [0.4, 0.5) is 23.0 Å². The Morgan fingerprint density at radius 3 is 2.58 bits per heavy atom. The van der Waals surface area contributed by atoms with E-state index in [9.17, 15) is 0 Å². The SMILES string of the molecule is CON(c1cccnc1)c1ncnc(Nc2ccccc2)c1SC. The third kappa shape index (κ3) is 3.47. The second kappa shape index (κ2) is 7.76. The van der Waals surface area contributed by atoms with Gasteiger partial charge in [0.15, 0.2) is 5.82 Å². The fraction of sp³-hybridized carbons (Fsp3) is 0.118. The average Bonchev–Trinajstić information content (AvgIpc) is 2.64. The van der Waals surface area contributed by atoms with Crippen LogP contribution in [-0.4, -0.2) is 28.3 Å². The van der Waals surface area contributed by atoms with Crippen LogP contribution in [0.2, 0.25) is 0 Å². The Kier molecular flexibility index (Phi) is 5.25. The smallest absolute Gasteiger partial charge is 0.177 e. The molecule has 3 rings (SSSR count). The van der Waals surface area contributed by atoms with Crippen molar-refractivity contribution in [3.8, 4) is 0 Å². The van der Waals surface area contributed by atoms with Crippen molar-refractivity contribution in [1.82, 2.24) is 15.0 Å². The third-order valence-electron chi connectivity index (χ3n) is 3.28. The van der Waals surface area contributed by atoms with Crippen molar-refractivity contribution in [3.05, 3.63) is 61.2 Å². The number of pyridine rings is 1. The largest absolute Gasteiger partial charge is 0.339 e. The number of nitrogens with zero attached hydrogens (tertiary/aromatic N) is 4. The first-order chi connectivity index (χ1) is 11.8. The Hall–Kier alpha value is -2.64. The maximum Gasteiger partial charge on any atom is 0.177 e. The van der Waals surface area contributed by atoms with Crippen molar-refractivity contribution >= 4 is 34.8 Å². The summed E-state index contributed by atoms with van der Waals surface area (Å²) in [5, 5.41) is 4.96. The summed E-state index contributed by atoms with van der Waals surface area (Å²) in [4.78, 5) is 19.3. The van der Waals surface area contributed by atoms with Crippen LogP contribution >= 0.6 is 11.8 Å². The van der Waals surface area contributed by atoms with Gasteiger partial charge in [-0.05, 0) is 30.5 Å². The average molecular weight is 339 g/mol. The molecule has 0 saturated carbocycles. The second-order valence-corrected chi connectivity index (χ2v) is 5.57. The lowest BCUT2D eigenvalue weighted by Gasteiger charge is -2.23. The minimum absolute atomic E-state index is 0.659. The summed E-state index contributed by atoms with van der Waals surface area (Å²) in [6, 6.07) is 13.7. The number of hydrogen-bond donors (Lipinski definition) is 1. The molecule has 0 bridgehead atoms. The van der Waals surface area contributed by atoms with Crippen molar-refractivity contribution in [2.75, 3.05) is 23.7 Å². The van der Waals surface area contributed by atoms with Crippen LogP contribution < -0.4 is 10.4 Å². The summed E-state index contributed by atoms with van der Waals surface area (Å²) in [6.45, 7) is 0. The number of rotatable bonds is 6. The predicted molar refractivity (Wildman–Crippen MR) is 96.9 cm³/mol. The zero-order valence-electron chi connectivity index (χ0n) is 13.4. The van der Waals surface area contributed by atoms with Crippen molar-refractivity contribution in [2.45, 2.75) is 4.90 Å². The van der Waals surface area contributed by atoms with E-state index >= 15 is 0 Å². The van der Waals surface area contributed by atoms with Crippen molar-refractivity contribution < 1.29 is 4.84 Å². The van der Waals surface area contributed by atoms with Gasteiger partial charge < -0.3 is 5.32 Å². The molecule has 24 heavy (non-hydrogen) atoms. The zero-order chi connectivity index (χ0) is 16.8. The first kappa shape index (κ1) is 16.2. The van der Waals surface area contributed by atoms with Crippen molar-refractivity contribution in [2.24, 2.45) is 0 Å². The molecule has 0 unspecified atom stereocenters. The van der Waals surface area contributed by atoms with Gasteiger partial charge in [0.1, 0.15) is 12.1 Å². The molecule has 1 aromatic carbocycles. The van der Waals surface area contributed by atoms with E-state index in [1.54, 1.807) is 36.3 Å². The highest BCUT2D eigenvalue weighted by atomic mass is 32.2. The zero-order valence-corrected chi connectivity index (χ0v) is 14.2. The highest BCUT2D eigenvalue weighted by molar-refractivity contribution is 7.99. The summed E-state index contributed by atoms with van der Waals surface area (Å²) in [5.41, 5.74) is 1.75. The summed E-state index contributed by atoms with van der Waals surface area (Å²) in [7, 11) is 1.60. The van der Waals surface area contributed by atoms with Crippen LogP contribution in [0.25, 0.3) is 0 Å². The van der Waals surface area contributed by atoms with E-state index < -0.39 is 0 Å². The van der Waals surface area contributed by atoms with Gasteiger partial charge in [0, 0.05) is 11.9 Å². The molecule has 0 atom stereocenters. The van der Waals surface area contributed by atoms with Gasteiger partial charge >= 0.3 is 0 Å². The minimum atomic E-state index is 0.659. The molecule has 0 aliphatic carbocycles. The molecule has 7 heteroatoms. The monoisotopic (exact) mass is 339 g/mol.